The quantitative estimate of drug-likeness (QED) is 0.866. The second-order valence-corrected chi connectivity index (χ2v) is 6.52. The predicted molar refractivity (Wildman–Crippen MR) is 99.4 cm³/mol. The van der Waals surface area contributed by atoms with Crippen molar-refractivity contribution in [2.75, 3.05) is 25.0 Å². The van der Waals surface area contributed by atoms with Gasteiger partial charge in [-0.3, -0.25) is 9.69 Å². The second kappa shape index (κ2) is 9.26. The Hall–Kier alpha value is -1.10. The molecule has 3 N–H and O–H groups in total. The molecule has 1 atom stereocenters. The number of nitrogens with zero attached hydrogens (tertiary/aromatic N) is 1. The lowest BCUT2D eigenvalue weighted by molar-refractivity contribution is -0.118. The maximum absolute atomic E-state index is 12.4. The van der Waals surface area contributed by atoms with E-state index in [-0.39, 0.29) is 18.3 Å². The number of benzene rings is 1. The first-order chi connectivity index (χ1) is 10.5. The molecular weight excluding hydrogens is 310 g/mol. The SMILES string of the molecule is Cc1cc(C)c(NC(=O)CN2CCCCC2CCN)c(C)c1.Cl. The molecular formula is C18H30ClN3O. The number of amides is 1. The molecule has 0 bridgehead atoms. The monoisotopic (exact) mass is 339 g/mol. The molecule has 0 radical (unpaired) electrons. The third-order valence-corrected chi connectivity index (χ3v) is 4.54. The van der Waals surface area contributed by atoms with Crippen molar-refractivity contribution < 1.29 is 4.79 Å². The van der Waals surface area contributed by atoms with Gasteiger partial charge < -0.3 is 11.1 Å². The zero-order valence-corrected chi connectivity index (χ0v) is 15.3. The molecule has 2 rings (SSSR count). The van der Waals surface area contributed by atoms with Crippen molar-refractivity contribution in [3.8, 4) is 0 Å². The van der Waals surface area contributed by atoms with Gasteiger partial charge in [0, 0.05) is 11.7 Å². The van der Waals surface area contributed by atoms with Gasteiger partial charge in [0.25, 0.3) is 0 Å². The van der Waals surface area contributed by atoms with Gasteiger partial charge in [-0.25, -0.2) is 0 Å². The van der Waals surface area contributed by atoms with E-state index in [4.69, 9.17) is 5.73 Å². The minimum atomic E-state index is 0. The number of halogens is 1. The van der Waals surface area contributed by atoms with E-state index in [9.17, 15) is 4.79 Å². The summed E-state index contributed by atoms with van der Waals surface area (Å²) in [5.74, 6) is 0.0824. The third kappa shape index (κ3) is 5.48. The number of piperidine rings is 1. The highest BCUT2D eigenvalue weighted by atomic mass is 35.5. The molecule has 1 aliphatic heterocycles. The first kappa shape index (κ1) is 19.9. The number of likely N-dealkylation sites (tertiary alicyclic amines) is 1. The zero-order chi connectivity index (χ0) is 16.1. The molecule has 0 aliphatic carbocycles. The highest BCUT2D eigenvalue weighted by molar-refractivity contribution is 5.93. The smallest absolute Gasteiger partial charge is 0.238 e. The minimum absolute atomic E-state index is 0. The summed E-state index contributed by atoms with van der Waals surface area (Å²) in [6, 6.07) is 4.69. The molecule has 1 saturated heterocycles. The third-order valence-electron chi connectivity index (χ3n) is 4.54. The van der Waals surface area contributed by atoms with Crippen molar-refractivity contribution in [1.29, 1.82) is 0 Å². The minimum Gasteiger partial charge on any atom is -0.330 e. The zero-order valence-electron chi connectivity index (χ0n) is 14.5. The number of nitrogens with two attached hydrogens (primary N) is 1. The highest BCUT2D eigenvalue weighted by Crippen LogP contribution is 2.23. The van der Waals surface area contributed by atoms with Crippen LogP contribution in [0.25, 0.3) is 0 Å². The largest absolute Gasteiger partial charge is 0.330 e. The Morgan fingerprint density at radius 1 is 1.26 bits per heavy atom. The summed E-state index contributed by atoms with van der Waals surface area (Å²) in [5.41, 5.74) is 10.1. The molecule has 130 valence electrons. The van der Waals surface area contributed by atoms with Gasteiger partial charge in [-0.2, -0.15) is 0 Å². The summed E-state index contributed by atoms with van der Waals surface area (Å²) in [5, 5.41) is 3.10. The van der Waals surface area contributed by atoms with Crippen molar-refractivity contribution in [3.05, 3.63) is 28.8 Å². The maximum Gasteiger partial charge on any atom is 0.238 e. The first-order valence-corrected chi connectivity index (χ1v) is 8.33. The van der Waals surface area contributed by atoms with Gasteiger partial charge in [0.15, 0.2) is 0 Å². The number of rotatable bonds is 5. The van der Waals surface area contributed by atoms with Gasteiger partial charge in [0.1, 0.15) is 0 Å². The van der Waals surface area contributed by atoms with E-state index in [0.29, 0.717) is 19.1 Å². The van der Waals surface area contributed by atoms with Crippen LogP contribution in [0.2, 0.25) is 0 Å². The molecule has 1 aliphatic rings. The fraction of sp³-hybridized carbons (Fsp3) is 0.611. The van der Waals surface area contributed by atoms with Crippen molar-refractivity contribution in [3.63, 3.8) is 0 Å². The van der Waals surface area contributed by atoms with Crippen LogP contribution in [0.1, 0.15) is 42.4 Å². The molecule has 0 aromatic heterocycles. The number of aryl methyl sites for hydroxylation is 3. The predicted octanol–water partition coefficient (Wildman–Crippen LogP) is 3.18. The molecule has 1 unspecified atom stereocenters. The highest BCUT2D eigenvalue weighted by Gasteiger charge is 2.23. The summed E-state index contributed by atoms with van der Waals surface area (Å²) >= 11 is 0. The fourth-order valence-electron chi connectivity index (χ4n) is 3.53. The molecule has 1 aromatic carbocycles. The maximum atomic E-state index is 12.4. The second-order valence-electron chi connectivity index (χ2n) is 6.52. The van der Waals surface area contributed by atoms with Gasteiger partial charge in [-0.1, -0.05) is 24.1 Å². The lowest BCUT2D eigenvalue weighted by Crippen LogP contribution is -2.44. The van der Waals surface area contributed by atoms with Gasteiger partial charge in [0.05, 0.1) is 6.54 Å². The van der Waals surface area contributed by atoms with Crippen molar-refractivity contribution in [2.45, 2.75) is 52.5 Å². The first-order valence-electron chi connectivity index (χ1n) is 8.33. The van der Waals surface area contributed by atoms with Crippen LogP contribution < -0.4 is 11.1 Å². The van der Waals surface area contributed by atoms with Crippen LogP contribution in [0.4, 0.5) is 5.69 Å². The van der Waals surface area contributed by atoms with E-state index in [2.05, 4.69) is 29.3 Å². The van der Waals surface area contributed by atoms with Crippen LogP contribution >= 0.6 is 12.4 Å². The average Bonchev–Trinajstić information content (AvgIpc) is 2.45. The van der Waals surface area contributed by atoms with Crippen LogP contribution in [0.5, 0.6) is 0 Å². The molecule has 23 heavy (non-hydrogen) atoms. The number of nitrogens with one attached hydrogen (secondary N) is 1. The molecule has 5 heteroatoms. The number of carbonyl (C=O) groups excluding carboxylic acids is 1. The molecule has 1 fully saturated rings. The number of carbonyl (C=O) groups is 1. The van der Waals surface area contributed by atoms with Crippen LogP contribution in [-0.4, -0.2) is 36.5 Å². The topological polar surface area (TPSA) is 58.4 Å². The van der Waals surface area contributed by atoms with Gasteiger partial charge in [0.2, 0.25) is 5.91 Å². The summed E-state index contributed by atoms with van der Waals surface area (Å²) in [4.78, 5) is 14.7. The molecule has 0 saturated carbocycles. The molecule has 1 heterocycles. The summed E-state index contributed by atoms with van der Waals surface area (Å²) < 4.78 is 0. The number of anilines is 1. The summed E-state index contributed by atoms with van der Waals surface area (Å²) in [6.45, 7) is 8.35. The number of hydrogen-bond donors (Lipinski definition) is 2. The van der Waals surface area contributed by atoms with E-state index in [1.165, 1.54) is 18.4 Å². The van der Waals surface area contributed by atoms with E-state index >= 15 is 0 Å². The molecule has 0 spiro atoms. The van der Waals surface area contributed by atoms with E-state index in [1.807, 2.05) is 13.8 Å². The average molecular weight is 340 g/mol. The number of hydrogen-bond acceptors (Lipinski definition) is 3. The van der Waals surface area contributed by atoms with E-state index < -0.39 is 0 Å². The van der Waals surface area contributed by atoms with Crippen molar-refractivity contribution >= 4 is 24.0 Å². The van der Waals surface area contributed by atoms with Crippen LogP contribution in [0.3, 0.4) is 0 Å². The standard InChI is InChI=1S/C18H29N3O.ClH/c1-13-10-14(2)18(15(3)11-13)20-17(22)12-21-9-5-4-6-16(21)7-8-19;/h10-11,16H,4-9,12,19H2,1-3H3,(H,20,22);1H. The Morgan fingerprint density at radius 2 is 1.91 bits per heavy atom. The summed E-state index contributed by atoms with van der Waals surface area (Å²) in [6.07, 6.45) is 4.57. The molecule has 1 amide bonds. The fourth-order valence-corrected chi connectivity index (χ4v) is 3.53. The van der Waals surface area contributed by atoms with E-state index in [0.717, 1.165) is 36.2 Å². The molecule has 1 aromatic rings. The van der Waals surface area contributed by atoms with Crippen LogP contribution in [0, 0.1) is 20.8 Å². The molecule has 4 nitrogen and oxygen atoms in total. The van der Waals surface area contributed by atoms with Crippen LogP contribution in [-0.2, 0) is 4.79 Å². The Labute approximate surface area is 146 Å². The van der Waals surface area contributed by atoms with Gasteiger partial charge in [-0.05, 0) is 64.3 Å². The normalized spacial score (nSPS) is 18.3. The van der Waals surface area contributed by atoms with Gasteiger partial charge >= 0.3 is 0 Å². The Balaban J connectivity index is 0.00000264. The van der Waals surface area contributed by atoms with Gasteiger partial charge in [-0.15, -0.1) is 12.4 Å². The van der Waals surface area contributed by atoms with Crippen molar-refractivity contribution in [2.24, 2.45) is 5.73 Å². The lowest BCUT2D eigenvalue weighted by atomic mass is 9.99. The van der Waals surface area contributed by atoms with E-state index in [1.54, 1.807) is 0 Å². The Bertz CT molecular complexity index is 508. The Morgan fingerprint density at radius 3 is 2.52 bits per heavy atom. The van der Waals surface area contributed by atoms with Crippen molar-refractivity contribution in [1.82, 2.24) is 4.90 Å². The summed E-state index contributed by atoms with van der Waals surface area (Å²) in [7, 11) is 0. The lowest BCUT2D eigenvalue weighted by Gasteiger charge is -2.35. The Kier molecular flexibility index (Phi) is 8.03. The van der Waals surface area contributed by atoms with Crippen LogP contribution in [0.15, 0.2) is 12.1 Å².